The third kappa shape index (κ3) is 2.76. The van der Waals surface area contributed by atoms with Crippen molar-refractivity contribution in [1.82, 2.24) is 4.98 Å². The monoisotopic (exact) mass is 330 g/mol. The van der Waals surface area contributed by atoms with Crippen LogP contribution in [0.2, 0.25) is 0 Å². The van der Waals surface area contributed by atoms with Crippen molar-refractivity contribution in [2.24, 2.45) is 0 Å². The number of aromatic nitrogens is 1. The normalized spacial score (nSPS) is 15.3. The number of para-hydroxylation sites is 1. The van der Waals surface area contributed by atoms with Gasteiger partial charge in [-0.3, -0.25) is 0 Å². The van der Waals surface area contributed by atoms with Crippen molar-refractivity contribution in [2.45, 2.75) is 19.3 Å². The van der Waals surface area contributed by atoms with Crippen molar-refractivity contribution in [1.29, 1.82) is 0 Å². The minimum Gasteiger partial charge on any atom is -0.872 e. The molecule has 0 aliphatic heterocycles. The maximum absolute atomic E-state index is 11.9. The van der Waals surface area contributed by atoms with Gasteiger partial charge in [0.2, 0.25) is 0 Å². The number of aromatic carboxylic acids is 1. The van der Waals surface area contributed by atoms with Crippen molar-refractivity contribution in [3.8, 4) is 5.75 Å². The quantitative estimate of drug-likeness (QED) is 0.774. The van der Waals surface area contributed by atoms with Crippen LogP contribution in [0.1, 0.15) is 40.0 Å². The minimum atomic E-state index is -0.919. The van der Waals surface area contributed by atoms with Gasteiger partial charge in [-0.1, -0.05) is 42.5 Å². The standard InChI is InChI=1S/C21H17NO3/c23-15-7-3-5-13(12-15)11-14-6-4-9-17-19(21(24)25)16-8-1-2-10-18(16)22-20(14)17/h1-3,5,7-8,10-12,23H,4,6,9H2,(H,24,25)/p-1/b14-11+. The molecular formula is C21H16NO3-. The zero-order chi connectivity index (χ0) is 17.4. The minimum absolute atomic E-state index is 0.0388. The first kappa shape index (κ1) is 15.4. The first-order valence-corrected chi connectivity index (χ1v) is 8.26. The second kappa shape index (κ2) is 6.06. The second-order valence-corrected chi connectivity index (χ2v) is 6.23. The van der Waals surface area contributed by atoms with Crippen LogP contribution in [0.25, 0.3) is 22.6 Å². The van der Waals surface area contributed by atoms with E-state index in [0.717, 1.165) is 35.2 Å². The Bertz CT molecular complexity index is 1020. The molecule has 0 amide bonds. The number of nitrogens with zero attached hydrogens (tertiary/aromatic N) is 1. The van der Waals surface area contributed by atoms with Crippen LogP contribution >= 0.6 is 0 Å². The zero-order valence-corrected chi connectivity index (χ0v) is 13.5. The maximum atomic E-state index is 11.9. The van der Waals surface area contributed by atoms with E-state index in [2.05, 4.69) is 0 Å². The van der Waals surface area contributed by atoms with Gasteiger partial charge in [0.05, 0.1) is 16.8 Å². The summed E-state index contributed by atoms with van der Waals surface area (Å²) in [5.74, 6) is -0.958. The van der Waals surface area contributed by atoms with E-state index in [9.17, 15) is 15.0 Å². The summed E-state index contributed by atoms with van der Waals surface area (Å²) in [4.78, 5) is 16.7. The molecule has 2 aromatic carbocycles. The second-order valence-electron chi connectivity index (χ2n) is 6.23. The van der Waals surface area contributed by atoms with Gasteiger partial charge in [0.15, 0.2) is 0 Å². The topological polar surface area (TPSA) is 73.2 Å². The fraction of sp³-hybridized carbons (Fsp3) is 0.143. The molecule has 1 heterocycles. The summed E-state index contributed by atoms with van der Waals surface area (Å²) in [6, 6.07) is 14.1. The highest BCUT2D eigenvalue weighted by Crippen LogP contribution is 2.36. The van der Waals surface area contributed by atoms with E-state index in [-0.39, 0.29) is 5.75 Å². The summed E-state index contributed by atoms with van der Waals surface area (Å²) >= 11 is 0. The van der Waals surface area contributed by atoms with E-state index < -0.39 is 5.97 Å². The lowest BCUT2D eigenvalue weighted by atomic mass is 9.86. The Morgan fingerprint density at radius 3 is 2.76 bits per heavy atom. The van der Waals surface area contributed by atoms with E-state index in [4.69, 9.17) is 4.98 Å². The SMILES string of the molecule is O=C(O)c1c2c(nc3ccccc13)/C(=C/c1cccc([O-])c1)CCC2. The fourth-order valence-corrected chi connectivity index (χ4v) is 3.52. The number of pyridine rings is 1. The van der Waals surface area contributed by atoms with Crippen molar-refractivity contribution in [2.75, 3.05) is 0 Å². The lowest BCUT2D eigenvalue weighted by Crippen LogP contribution is -2.13. The molecule has 0 atom stereocenters. The molecule has 25 heavy (non-hydrogen) atoms. The summed E-state index contributed by atoms with van der Waals surface area (Å²) in [7, 11) is 0. The Hall–Kier alpha value is -3.14. The molecule has 0 bridgehead atoms. The van der Waals surface area contributed by atoms with Gasteiger partial charge in [0.1, 0.15) is 0 Å². The Morgan fingerprint density at radius 1 is 1.12 bits per heavy atom. The molecule has 0 unspecified atom stereocenters. The highest BCUT2D eigenvalue weighted by atomic mass is 16.4. The van der Waals surface area contributed by atoms with Gasteiger partial charge in [0, 0.05) is 5.39 Å². The van der Waals surface area contributed by atoms with Crippen LogP contribution in [-0.2, 0) is 6.42 Å². The maximum Gasteiger partial charge on any atom is 0.336 e. The number of fused-ring (bicyclic) bond motifs is 2. The van der Waals surface area contributed by atoms with Crippen LogP contribution in [0.5, 0.6) is 5.75 Å². The number of rotatable bonds is 2. The van der Waals surface area contributed by atoms with Gasteiger partial charge >= 0.3 is 5.97 Å². The molecule has 3 aromatic rings. The molecule has 124 valence electrons. The molecule has 1 aliphatic rings. The number of hydrogen-bond donors (Lipinski definition) is 1. The number of carboxylic acid groups (broad SMARTS) is 1. The van der Waals surface area contributed by atoms with E-state index in [1.54, 1.807) is 12.1 Å². The molecule has 1 N–H and O–H groups in total. The summed E-state index contributed by atoms with van der Waals surface area (Å²) in [6.07, 6.45) is 4.34. The molecule has 0 spiro atoms. The number of benzene rings is 2. The molecule has 0 fully saturated rings. The van der Waals surface area contributed by atoms with Crippen molar-refractivity contribution >= 4 is 28.5 Å². The summed E-state index contributed by atoms with van der Waals surface area (Å²) in [5.41, 5.74) is 4.38. The summed E-state index contributed by atoms with van der Waals surface area (Å²) in [6.45, 7) is 0. The van der Waals surface area contributed by atoms with Crippen LogP contribution in [0.4, 0.5) is 0 Å². The van der Waals surface area contributed by atoms with Gasteiger partial charge in [-0.25, -0.2) is 9.78 Å². The smallest absolute Gasteiger partial charge is 0.336 e. The van der Waals surface area contributed by atoms with E-state index in [1.807, 2.05) is 36.4 Å². The highest BCUT2D eigenvalue weighted by molar-refractivity contribution is 6.05. The molecule has 4 rings (SSSR count). The Kier molecular flexibility index (Phi) is 3.73. The van der Waals surface area contributed by atoms with E-state index in [0.29, 0.717) is 22.9 Å². The van der Waals surface area contributed by atoms with Gasteiger partial charge in [-0.15, -0.1) is 5.75 Å². The fourth-order valence-electron chi connectivity index (χ4n) is 3.52. The van der Waals surface area contributed by atoms with Crippen LogP contribution in [0.15, 0.2) is 48.5 Å². The molecule has 0 saturated heterocycles. The summed E-state index contributed by atoms with van der Waals surface area (Å²) < 4.78 is 0. The molecule has 1 aliphatic carbocycles. The van der Waals surface area contributed by atoms with E-state index >= 15 is 0 Å². The van der Waals surface area contributed by atoms with Crippen molar-refractivity contribution in [3.63, 3.8) is 0 Å². The average Bonchev–Trinajstić information content (AvgIpc) is 2.60. The van der Waals surface area contributed by atoms with Gasteiger partial charge in [-0.2, -0.15) is 0 Å². The van der Waals surface area contributed by atoms with Crippen LogP contribution in [0.3, 0.4) is 0 Å². The molecule has 0 radical (unpaired) electrons. The molecule has 4 nitrogen and oxygen atoms in total. The molecule has 1 aromatic heterocycles. The van der Waals surface area contributed by atoms with Crippen LogP contribution in [0, 0.1) is 0 Å². The lowest BCUT2D eigenvalue weighted by molar-refractivity contribution is -0.268. The third-order valence-electron chi connectivity index (χ3n) is 4.58. The number of carbonyl (C=O) groups is 1. The zero-order valence-electron chi connectivity index (χ0n) is 13.5. The molecular weight excluding hydrogens is 314 g/mol. The van der Waals surface area contributed by atoms with Crippen molar-refractivity contribution in [3.05, 3.63) is 70.9 Å². The Balaban J connectivity index is 1.97. The first-order chi connectivity index (χ1) is 12.1. The van der Waals surface area contributed by atoms with Gasteiger partial charge < -0.3 is 10.2 Å². The van der Waals surface area contributed by atoms with Crippen LogP contribution < -0.4 is 5.11 Å². The third-order valence-corrected chi connectivity index (χ3v) is 4.58. The predicted molar refractivity (Wildman–Crippen MR) is 95.4 cm³/mol. The van der Waals surface area contributed by atoms with E-state index in [1.165, 1.54) is 6.07 Å². The largest absolute Gasteiger partial charge is 0.872 e. The Labute approximate surface area is 145 Å². The number of carboxylic acids is 1. The molecule has 4 heteroatoms. The van der Waals surface area contributed by atoms with Crippen LogP contribution in [-0.4, -0.2) is 16.1 Å². The first-order valence-electron chi connectivity index (χ1n) is 8.26. The number of allylic oxidation sites excluding steroid dienone is 1. The van der Waals surface area contributed by atoms with Gasteiger partial charge in [0.25, 0.3) is 0 Å². The predicted octanol–water partition coefficient (Wildman–Crippen LogP) is 3.88. The molecule has 0 saturated carbocycles. The lowest BCUT2D eigenvalue weighted by Gasteiger charge is -2.21. The highest BCUT2D eigenvalue weighted by Gasteiger charge is 2.24. The van der Waals surface area contributed by atoms with Gasteiger partial charge in [-0.05, 0) is 48.1 Å². The number of hydrogen-bond acceptors (Lipinski definition) is 3. The Morgan fingerprint density at radius 2 is 1.96 bits per heavy atom. The average molecular weight is 330 g/mol. The summed E-state index contributed by atoms with van der Waals surface area (Å²) in [5, 5.41) is 22.0. The van der Waals surface area contributed by atoms with Crippen molar-refractivity contribution < 1.29 is 15.0 Å².